The average Bonchev–Trinajstić information content (AvgIpc) is 3.47. The molecule has 4 rings (SSSR count). The minimum absolute atomic E-state index is 0.0581. The zero-order valence-electron chi connectivity index (χ0n) is 18.8. The Morgan fingerprint density at radius 1 is 1.41 bits per heavy atom. The molecular formula is C18H15ClN2O6S2. The van der Waals surface area contributed by atoms with E-state index in [2.05, 4.69) is 5.16 Å². The van der Waals surface area contributed by atoms with E-state index in [4.69, 9.17) is 31.1 Å². The number of thiophene rings is 1. The van der Waals surface area contributed by atoms with E-state index >= 15 is 0 Å². The first-order valence-electron chi connectivity index (χ1n) is 10.1. The van der Waals surface area contributed by atoms with Crippen LogP contribution in [0.15, 0.2) is 33.0 Å². The summed E-state index contributed by atoms with van der Waals surface area (Å²) in [5.41, 5.74) is 0.241. The smallest absolute Gasteiger partial charge is 0.265 e. The summed E-state index contributed by atoms with van der Waals surface area (Å²) in [5, 5.41) is 4.76. The summed E-state index contributed by atoms with van der Waals surface area (Å²) in [7, 11) is -4.56. The highest BCUT2D eigenvalue weighted by Gasteiger charge is 2.27. The van der Waals surface area contributed by atoms with Crippen LogP contribution >= 0.6 is 22.9 Å². The van der Waals surface area contributed by atoms with Gasteiger partial charge in [0.15, 0.2) is 18.7 Å². The molecule has 1 aliphatic heterocycles. The second-order valence-corrected chi connectivity index (χ2v) is 8.90. The van der Waals surface area contributed by atoms with Crippen molar-refractivity contribution < 1.29 is 32.7 Å². The average molecular weight is 459 g/mol. The molecule has 0 spiro atoms. The van der Waals surface area contributed by atoms with Crippen LogP contribution in [0.25, 0.3) is 0 Å². The molecule has 0 saturated carbocycles. The number of sulfonamides is 1. The number of nitrogens with one attached hydrogen (secondary N) is 1. The van der Waals surface area contributed by atoms with Crippen LogP contribution in [0.3, 0.4) is 0 Å². The van der Waals surface area contributed by atoms with Crippen molar-refractivity contribution in [2.75, 3.05) is 11.5 Å². The van der Waals surface area contributed by atoms with Gasteiger partial charge in [-0.05, 0) is 48.5 Å². The molecule has 0 unspecified atom stereocenters. The lowest BCUT2D eigenvalue weighted by Crippen LogP contribution is -2.16. The lowest BCUT2D eigenvalue weighted by molar-refractivity contribution is 0.0994. The first-order valence-corrected chi connectivity index (χ1v) is 10.8. The first-order chi connectivity index (χ1) is 15.4. The van der Waals surface area contributed by atoms with E-state index in [1.54, 1.807) is 0 Å². The molecule has 0 radical (unpaired) electrons. The van der Waals surface area contributed by atoms with Gasteiger partial charge in [-0.25, -0.2) is 13.1 Å². The van der Waals surface area contributed by atoms with Crippen molar-refractivity contribution >= 4 is 44.6 Å². The molecule has 0 aliphatic carbocycles. The number of Topliss-reactive ketones (excluding diaryl/α,β-unsaturated/α-hetero) is 1. The molecule has 0 bridgehead atoms. The first kappa shape index (κ1) is 15.3. The molecule has 1 aromatic carbocycles. The molecule has 29 heavy (non-hydrogen) atoms. The topological polar surface area (TPSA) is 108 Å². The summed E-state index contributed by atoms with van der Waals surface area (Å²) in [4.78, 5) is 12.5. The summed E-state index contributed by atoms with van der Waals surface area (Å²) >= 11 is 6.82. The van der Waals surface area contributed by atoms with Gasteiger partial charge in [0.2, 0.25) is 6.79 Å². The number of nitrogens with zero attached hydrogens (tertiary/aromatic N) is 1. The lowest BCUT2D eigenvalue weighted by atomic mass is 10.0. The van der Waals surface area contributed by atoms with Crippen molar-refractivity contribution in [2.45, 2.75) is 25.1 Å². The van der Waals surface area contributed by atoms with Gasteiger partial charge >= 0.3 is 0 Å². The van der Waals surface area contributed by atoms with E-state index in [1.165, 1.54) is 30.5 Å². The molecule has 1 aliphatic rings. The Hall–Kier alpha value is -2.56. The monoisotopic (exact) mass is 458 g/mol. The third-order valence-electron chi connectivity index (χ3n) is 4.09. The molecule has 0 fully saturated rings. The van der Waals surface area contributed by atoms with Gasteiger partial charge in [0.1, 0.15) is 15.6 Å². The number of hydrogen-bond acceptors (Lipinski definition) is 8. The van der Waals surface area contributed by atoms with Crippen LogP contribution in [0.5, 0.6) is 11.5 Å². The van der Waals surface area contributed by atoms with Crippen LogP contribution in [0.4, 0.5) is 5.88 Å². The molecule has 2 aromatic heterocycles. The Morgan fingerprint density at radius 3 is 2.86 bits per heavy atom. The van der Waals surface area contributed by atoms with Gasteiger partial charge in [-0.3, -0.25) is 4.79 Å². The zero-order valence-corrected chi connectivity index (χ0v) is 17.2. The summed E-state index contributed by atoms with van der Waals surface area (Å²) in [6, 6.07) is 3.87. The van der Waals surface area contributed by atoms with Crippen LogP contribution in [0.1, 0.15) is 30.6 Å². The molecule has 3 heterocycles. The van der Waals surface area contributed by atoms with Gasteiger partial charge in [-0.1, -0.05) is 16.8 Å². The van der Waals surface area contributed by atoms with Gasteiger partial charge in [0, 0.05) is 10.5 Å². The highest BCUT2D eigenvalue weighted by atomic mass is 35.5. The summed E-state index contributed by atoms with van der Waals surface area (Å²) in [5.74, 6) is -0.626. The number of benzene rings is 1. The predicted octanol–water partition coefficient (Wildman–Crippen LogP) is 3.96. The molecule has 3 aromatic rings. The number of rotatable bonds is 6. The Balaban J connectivity index is 1.69. The van der Waals surface area contributed by atoms with E-state index in [0.717, 1.165) is 11.3 Å². The number of ether oxygens (including phenoxy) is 2. The fourth-order valence-corrected chi connectivity index (χ4v) is 5.11. The van der Waals surface area contributed by atoms with Crippen molar-refractivity contribution in [3.63, 3.8) is 0 Å². The van der Waals surface area contributed by atoms with E-state index in [0.29, 0.717) is 0 Å². The van der Waals surface area contributed by atoms with Gasteiger partial charge in [-0.15, -0.1) is 11.3 Å². The SMILES string of the molecule is [2H]N(c1onc(C)c1Cl)S(=O)(=O)c1ccsc1C(=O)Cc1cc2c(cc1C([2H])([2H])[2H])OCO2. The number of hydrogen-bond donors (Lipinski definition) is 1. The van der Waals surface area contributed by atoms with E-state index in [9.17, 15) is 13.2 Å². The third-order valence-corrected chi connectivity index (χ3v) is 6.91. The van der Waals surface area contributed by atoms with Crippen LogP contribution in [0.2, 0.25) is 6.43 Å². The number of fused-ring (bicyclic) bond motifs is 1. The molecule has 0 saturated heterocycles. The number of ketones is 1. The normalized spacial score (nSPS) is 15.4. The molecular weight excluding hydrogens is 440 g/mol. The van der Waals surface area contributed by atoms with E-state index in [-0.39, 0.29) is 49.7 Å². The lowest BCUT2D eigenvalue weighted by Gasteiger charge is -2.09. The molecule has 8 nitrogen and oxygen atoms in total. The minimum atomic E-state index is -4.56. The van der Waals surface area contributed by atoms with E-state index in [1.807, 2.05) is 0 Å². The maximum atomic E-state index is 13.1. The number of anilines is 1. The maximum absolute atomic E-state index is 13.1. The van der Waals surface area contributed by atoms with Crippen LogP contribution < -0.4 is 14.2 Å². The number of aromatic nitrogens is 1. The Bertz CT molecular complexity index is 1350. The zero-order chi connectivity index (χ0) is 24.1. The van der Waals surface area contributed by atoms with E-state index < -0.39 is 39.9 Å². The fraction of sp³-hybridized carbons (Fsp3) is 0.222. The van der Waals surface area contributed by atoms with Crippen molar-refractivity contribution in [3.05, 3.63) is 50.3 Å². The predicted molar refractivity (Wildman–Crippen MR) is 107 cm³/mol. The quantitative estimate of drug-likeness (QED) is 0.557. The van der Waals surface area contributed by atoms with Gasteiger partial charge in [-0.2, -0.15) is 0 Å². The van der Waals surface area contributed by atoms with Crippen molar-refractivity contribution in [1.82, 2.24) is 5.16 Å². The second-order valence-electron chi connectivity index (χ2n) is 6.03. The molecule has 0 atom stereocenters. The van der Waals surface area contributed by atoms with Crippen molar-refractivity contribution in [3.8, 4) is 11.5 Å². The maximum Gasteiger partial charge on any atom is 0.265 e. The second kappa shape index (κ2) is 7.36. The molecule has 1 N–H and O–H groups in total. The largest absolute Gasteiger partial charge is 0.454 e. The summed E-state index contributed by atoms with van der Waals surface area (Å²) < 4.78 is 72.8. The standard InChI is InChI=1S/C18H15ClN2O6S2/c1-9-5-13-14(26-8-25-13)7-11(9)6-12(22)17-15(3-4-28-17)29(23,24)21-18-16(19)10(2)20-27-18/h3-5,7,21H,6,8H2,1-2H3/i1D3/hD. The summed E-state index contributed by atoms with van der Waals surface area (Å²) in [6.07, 6.45) is -0.409. The van der Waals surface area contributed by atoms with Crippen LogP contribution in [-0.2, 0) is 16.4 Å². The minimum Gasteiger partial charge on any atom is -0.454 e. The fourth-order valence-electron chi connectivity index (χ4n) is 2.65. The van der Waals surface area contributed by atoms with Gasteiger partial charge in [0.05, 0.1) is 4.88 Å². The number of carbonyl (C=O) groups is 1. The number of carbonyl (C=O) groups excluding carboxylic acids is 1. The Morgan fingerprint density at radius 2 is 2.17 bits per heavy atom. The third kappa shape index (κ3) is 3.70. The molecule has 0 amide bonds. The highest BCUT2D eigenvalue weighted by molar-refractivity contribution is 7.93. The van der Waals surface area contributed by atoms with Crippen molar-refractivity contribution in [1.29, 1.82) is 0 Å². The molecule has 11 heteroatoms. The number of halogens is 1. The van der Waals surface area contributed by atoms with Crippen LogP contribution in [0, 0.1) is 13.8 Å². The Labute approximate surface area is 181 Å². The highest BCUT2D eigenvalue weighted by Crippen LogP contribution is 2.36. The van der Waals surface area contributed by atoms with Crippen LogP contribution in [-0.4, -0.2) is 26.2 Å². The summed E-state index contributed by atoms with van der Waals surface area (Å²) in [6.45, 7) is -1.15. The Kier molecular flexibility index (Phi) is 3.88. The molecule has 152 valence electrons. The van der Waals surface area contributed by atoms with Crippen molar-refractivity contribution in [2.24, 2.45) is 0 Å². The van der Waals surface area contributed by atoms with Gasteiger partial charge in [0.25, 0.3) is 15.9 Å². The number of aryl methyl sites for hydroxylation is 2. The van der Waals surface area contributed by atoms with Gasteiger partial charge < -0.3 is 14.0 Å².